The molecule has 138 valence electrons. The Morgan fingerprint density at radius 3 is 2.38 bits per heavy atom. The van der Waals surface area contributed by atoms with Crippen molar-refractivity contribution in [3.63, 3.8) is 0 Å². The van der Waals surface area contributed by atoms with Crippen LogP contribution >= 0.6 is 0 Å². The second-order valence-electron chi connectivity index (χ2n) is 6.12. The fraction of sp³-hybridized carbons (Fsp3) is 0.333. The molecule has 2 aromatic carbocycles. The molecule has 0 aliphatic rings. The Hall–Kier alpha value is -2.82. The largest absolute Gasteiger partial charge is 0.497 e. The molecule has 0 unspecified atom stereocenters. The van der Waals surface area contributed by atoms with Crippen molar-refractivity contribution in [2.75, 3.05) is 20.3 Å². The van der Waals surface area contributed by atoms with Crippen molar-refractivity contribution in [1.82, 2.24) is 5.32 Å². The summed E-state index contributed by atoms with van der Waals surface area (Å²) in [6.45, 7) is 2.30. The van der Waals surface area contributed by atoms with Crippen LogP contribution in [0.3, 0.4) is 0 Å². The first-order valence-corrected chi connectivity index (χ1v) is 8.68. The molecule has 26 heavy (non-hydrogen) atoms. The van der Waals surface area contributed by atoms with Gasteiger partial charge in [0.15, 0.2) is 6.61 Å². The van der Waals surface area contributed by atoms with Crippen LogP contribution in [0.15, 0.2) is 54.6 Å². The third-order valence-electron chi connectivity index (χ3n) is 4.12. The molecule has 1 atom stereocenters. The number of methoxy groups -OCH3 is 1. The number of amides is 1. The van der Waals surface area contributed by atoms with E-state index in [1.54, 1.807) is 7.11 Å². The van der Waals surface area contributed by atoms with E-state index in [0.717, 1.165) is 16.9 Å². The van der Waals surface area contributed by atoms with Gasteiger partial charge in [-0.15, -0.1) is 0 Å². The lowest BCUT2D eigenvalue weighted by atomic mass is 10.0. The highest BCUT2D eigenvalue weighted by atomic mass is 16.5. The van der Waals surface area contributed by atoms with Gasteiger partial charge in [0.25, 0.3) is 5.91 Å². The molecular weight excluding hydrogens is 330 g/mol. The monoisotopic (exact) mass is 355 g/mol. The highest BCUT2D eigenvalue weighted by molar-refractivity contribution is 5.80. The second-order valence-corrected chi connectivity index (χ2v) is 6.12. The number of carbonyl (C=O) groups is 2. The lowest BCUT2D eigenvalue weighted by Gasteiger charge is -2.13. The van der Waals surface area contributed by atoms with Gasteiger partial charge in [-0.25, -0.2) is 0 Å². The minimum atomic E-state index is -0.382. The highest BCUT2D eigenvalue weighted by Gasteiger charge is 2.10. The van der Waals surface area contributed by atoms with Crippen LogP contribution in [-0.4, -0.2) is 32.1 Å². The molecule has 0 saturated heterocycles. The van der Waals surface area contributed by atoms with Crippen LogP contribution in [0.2, 0.25) is 0 Å². The Morgan fingerprint density at radius 2 is 1.73 bits per heavy atom. The average molecular weight is 355 g/mol. The molecule has 5 heteroatoms. The number of rotatable bonds is 9. The molecule has 0 aliphatic carbocycles. The van der Waals surface area contributed by atoms with E-state index in [1.165, 1.54) is 0 Å². The summed E-state index contributed by atoms with van der Waals surface area (Å²) in [6, 6.07) is 17.5. The number of hydrogen-bond donors (Lipinski definition) is 1. The van der Waals surface area contributed by atoms with Crippen LogP contribution in [0.4, 0.5) is 0 Å². The number of ether oxygens (including phenoxy) is 2. The maximum atomic E-state index is 11.8. The molecular formula is C21H25NO4. The summed E-state index contributed by atoms with van der Waals surface area (Å²) in [6.07, 6.45) is 0.801. The summed E-state index contributed by atoms with van der Waals surface area (Å²) in [4.78, 5) is 23.6. The number of carbonyl (C=O) groups excluding carboxylic acids is 2. The van der Waals surface area contributed by atoms with Gasteiger partial charge in [0.1, 0.15) is 5.75 Å². The molecule has 1 N–H and O–H groups in total. The maximum Gasteiger partial charge on any atom is 0.306 e. The summed E-state index contributed by atoms with van der Waals surface area (Å²) >= 11 is 0. The lowest BCUT2D eigenvalue weighted by molar-refractivity contribution is -0.148. The Morgan fingerprint density at radius 1 is 1.04 bits per heavy atom. The van der Waals surface area contributed by atoms with Crippen LogP contribution < -0.4 is 10.1 Å². The van der Waals surface area contributed by atoms with Crippen molar-refractivity contribution >= 4 is 11.9 Å². The molecule has 0 aliphatic heterocycles. The summed E-state index contributed by atoms with van der Waals surface area (Å²) in [7, 11) is 1.61. The number of aryl methyl sites for hydroxylation is 1. The minimum Gasteiger partial charge on any atom is -0.497 e. The number of benzene rings is 2. The van der Waals surface area contributed by atoms with E-state index >= 15 is 0 Å². The topological polar surface area (TPSA) is 64.6 Å². The molecule has 1 amide bonds. The van der Waals surface area contributed by atoms with E-state index < -0.39 is 0 Å². The summed E-state index contributed by atoms with van der Waals surface area (Å²) in [5.74, 6) is 0.307. The number of hydrogen-bond acceptors (Lipinski definition) is 4. The van der Waals surface area contributed by atoms with Crippen molar-refractivity contribution in [3.05, 3.63) is 65.7 Å². The van der Waals surface area contributed by atoms with Gasteiger partial charge in [-0.2, -0.15) is 0 Å². The van der Waals surface area contributed by atoms with Gasteiger partial charge in [0.05, 0.1) is 7.11 Å². The standard InChI is InChI=1S/C21H25NO4/c1-16(18-6-4-3-5-7-18)14-22-20(23)15-26-21(24)13-10-17-8-11-19(25-2)12-9-17/h3-9,11-12,16H,10,13-15H2,1-2H3,(H,22,23)/t16-/m1/s1. The zero-order chi connectivity index (χ0) is 18.8. The van der Waals surface area contributed by atoms with E-state index in [1.807, 2.05) is 61.5 Å². The predicted octanol–water partition coefficient (Wildman–Crippen LogP) is 3.09. The SMILES string of the molecule is COc1ccc(CCC(=O)OCC(=O)NC[C@@H](C)c2ccccc2)cc1. The fourth-order valence-corrected chi connectivity index (χ4v) is 2.47. The van der Waals surface area contributed by atoms with Crippen LogP contribution in [0.25, 0.3) is 0 Å². The quantitative estimate of drug-likeness (QED) is 0.702. The van der Waals surface area contributed by atoms with Gasteiger partial charge in [-0.1, -0.05) is 49.4 Å². The zero-order valence-electron chi connectivity index (χ0n) is 15.2. The zero-order valence-corrected chi connectivity index (χ0v) is 15.2. The van der Waals surface area contributed by atoms with Crippen LogP contribution in [0.5, 0.6) is 5.75 Å². The summed E-state index contributed by atoms with van der Waals surface area (Å²) < 4.78 is 10.1. The fourth-order valence-electron chi connectivity index (χ4n) is 2.47. The molecule has 0 bridgehead atoms. The van der Waals surface area contributed by atoms with Crippen molar-refractivity contribution in [2.24, 2.45) is 0 Å². The Labute approximate surface area is 154 Å². The predicted molar refractivity (Wildman–Crippen MR) is 100 cm³/mol. The van der Waals surface area contributed by atoms with E-state index in [9.17, 15) is 9.59 Å². The normalized spacial score (nSPS) is 11.5. The van der Waals surface area contributed by atoms with Gasteiger partial charge >= 0.3 is 5.97 Å². The van der Waals surface area contributed by atoms with Crippen molar-refractivity contribution in [2.45, 2.75) is 25.7 Å². The van der Waals surface area contributed by atoms with Crippen molar-refractivity contribution in [3.8, 4) is 5.75 Å². The lowest BCUT2D eigenvalue weighted by Crippen LogP contribution is -2.31. The molecule has 0 fully saturated rings. The maximum absolute atomic E-state index is 11.8. The molecule has 0 heterocycles. The third kappa shape index (κ3) is 6.59. The number of nitrogens with one attached hydrogen (secondary N) is 1. The van der Waals surface area contributed by atoms with E-state index in [-0.39, 0.29) is 30.8 Å². The van der Waals surface area contributed by atoms with Gasteiger partial charge in [-0.3, -0.25) is 9.59 Å². The van der Waals surface area contributed by atoms with E-state index in [0.29, 0.717) is 13.0 Å². The minimum absolute atomic E-state index is 0.200. The Kier molecular flexibility index (Phi) is 7.68. The van der Waals surface area contributed by atoms with Gasteiger partial charge < -0.3 is 14.8 Å². The second kappa shape index (κ2) is 10.2. The molecule has 0 spiro atoms. The molecule has 0 saturated carbocycles. The molecule has 2 aromatic rings. The summed E-state index contributed by atoms with van der Waals surface area (Å²) in [5.41, 5.74) is 2.17. The molecule has 5 nitrogen and oxygen atoms in total. The van der Waals surface area contributed by atoms with Crippen LogP contribution in [-0.2, 0) is 20.7 Å². The first kappa shape index (κ1) is 19.5. The van der Waals surface area contributed by atoms with E-state index in [2.05, 4.69) is 5.32 Å². The van der Waals surface area contributed by atoms with Crippen molar-refractivity contribution in [1.29, 1.82) is 0 Å². The van der Waals surface area contributed by atoms with Gasteiger partial charge in [0, 0.05) is 13.0 Å². The number of esters is 1. The Balaban J connectivity index is 1.64. The highest BCUT2D eigenvalue weighted by Crippen LogP contribution is 2.13. The first-order chi connectivity index (χ1) is 12.6. The molecule has 0 radical (unpaired) electrons. The third-order valence-corrected chi connectivity index (χ3v) is 4.12. The molecule has 2 rings (SSSR count). The van der Waals surface area contributed by atoms with Crippen LogP contribution in [0, 0.1) is 0 Å². The Bertz CT molecular complexity index is 698. The van der Waals surface area contributed by atoms with Gasteiger partial charge in [0.2, 0.25) is 0 Å². The van der Waals surface area contributed by atoms with Crippen LogP contribution in [0.1, 0.15) is 30.4 Å². The smallest absolute Gasteiger partial charge is 0.306 e. The molecule has 0 aromatic heterocycles. The van der Waals surface area contributed by atoms with Gasteiger partial charge in [-0.05, 0) is 35.6 Å². The first-order valence-electron chi connectivity index (χ1n) is 8.68. The van der Waals surface area contributed by atoms with E-state index in [4.69, 9.17) is 9.47 Å². The summed E-state index contributed by atoms with van der Waals surface area (Å²) in [5, 5.41) is 2.79. The van der Waals surface area contributed by atoms with Crippen molar-refractivity contribution < 1.29 is 19.1 Å². The average Bonchev–Trinajstić information content (AvgIpc) is 2.69.